The maximum absolute atomic E-state index is 10.3. The number of aromatic nitrogens is 2. The summed E-state index contributed by atoms with van der Waals surface area (Å²) >= 11 is 0. The number of phenolic OH excluding ortho intramolecular Hbond substituents is 1. The zero-order valence-corrected chi connectivity index (χ0v) is 15.1. The molecule has 136 valence electrons. The minimum atomic E-state index is 0.174. The number of ether oxygens (including phenoxy) is 1. The summed E-state index contributed by atoms with van der Waals surface area (Å²) in [6.45, 7) is 5.18. The van der Waals surface area contributed by atoms with Gasteiger partial charge in [0.15, 0.2) is 0 Å². The lowest BCUT2D eigenvalue weighted by Crippen LogP contribution is -2.04. The first kappa shape index (κ1) is 19.2. The van der Waals surface area contributed by atoms with Crippen molar-refractivity contribution in [3.63, 3.8) is 0 Å². The second-order valence-electron chi connectivity index (χ2n) is 5.62. The molecule has 5 nitrogen and oxygen atoms in total. The van der Waals surface area contributed by atoms with E-state index in [2.05, 4.69) is 11.6 Å². The van der Waals surface area contributed by atoms with E-state index in [1.807, 2.05) is 47.2 Å². The van der Waals surface area contributed by atoms with Gasteiger partial charge in [0.1, 0.15) is 11.5 Å². The highest BCUT2D eigenvalue weighted by atomic mass is 16.5. The number of aromatic hydroxyl groups is 1. The topological polar surface area (TPSA) is 59.6 Å². The van der Waals surface area contributed by atoms with Crippen molar-refractivity contribution in [1.29, 1.82) is 0 Å². The van der Waals surface area contributed by atoms with Crippen LogP contribution in [0, 0.1) is 0 Å². The Hall–Kier alpha value is -3.08. The Kier molecular flexibility index (Phi) is 7.93. The van der Waals surface area contributed by atoms with E-state index in [1.54, 1.807) is 31.8 Å². The van der Waals surface area contributed by atoms with Gasteiger partial charge in [0.05, 0.1) is 13.4 Å². The van der Waals surface area contributed by atoms with Gasteiger partial charge in [0.2, 0.25) is 0 Å². The zero-order valence-electron chi connectivity index (χ0n) is 15.1. The molecule has 2 aromatic rings. The van der Waals surface area contributed by atoms with E-state index in [0.717, 1.165) is 24.2 Å². The molecule has 26 heavy (non-hydrogen) atoms. The van der Waals surface area contributed by atoms with Crippen LogP contribution in [-0.4, -0.2) is 34.0 Å². The van der Waals surface area contributed by atoms with Crippen molar-refractivity contribution < 1.29 is 9.84 Å². The number of imidazole rings is 1. The Bertz CT molecular complexity index is 775. The molecule has 2 rings (SSSR count). The second-order valence-corrected chi connectivity index (χ2v) is 5.62. The number of aryl methyl sites for hydroxylation is 1. The van der Waals surface area contributed by atoms with E-state index in [-0.39, 0.29) is 5.75 Å². The highest BCUT2D eigenvalue weighted by Gasteiger charge is 2.09. The standard InChI is InChI=1S/C21H25N3O2/c1-3-4-5-6-7-9-20(19-11-10-18(26-2)16-21(19)25)23-12-8-14-24-15-13-22-17-24/h3-7,10-11,13,15-17,25H,1,8-9,12,14H2,2H3/b5-4-,7-6-,23-20-. The van der Waals surface area contributed by atoms with E-state index in [0.29, 0.717) is 18.7 Å². The van der Waals surface area contributed by atoms with E-state index in [4.69, 9.17) is 9.73 Å². The molecule has 1 heterocycles. The fourth-order valence-electron chi connectivity index (χ4n) is 2.43. The lowest BCUT2D eigenvalue weighted by Gasteiger charge is -2.09. The maximum Gasteiger partial charge on any atom is 0.128 e. The van der Waals surface area contributed by atoms with E-state index < -0.39 is 0 Å². The van der Waals surface area contributed by atoms with Gasteiger partial charge in [-0.15, -0.1) is 0 Å². The maximum atomic E-state index is 10.3. The van der Waals surface area contributed by atoms with Gasteiger partial charge in [0.25, 0.3) is 0 Å². The van der Waals surface area contributed by atoms with Gasteiger partial charge >= 0.3 is 0 Å². The number of benzene rings is 1. The number of methoxy groups -OCH3 is 1. The summed E-state index contributed by atoms with van der Waals surface area (Å²) in [5.41, 5.74) is 1.57. The molecule has 0 bridgehead atoms. The molecule has 0 spiro atoms. The largest absolute Gasteiger partial charge is 0.507 e. The van der Waals surface area contributed by atoms with Crippen molar-refractivity contribution in [3.05, 3.63) is 79.4 Å². The Morgan fingerprint density at radius 2 is 2.23 bits per heavy atom. The number of nitrogens with zero attached hydrogens (tertiary/aromatic N) is 3. The number of hydrogen-bond donors (Lipinski definition) is 1. The number of aliphatic imine (C=N–C) groups is 1. The van der Waals surface area contributed by atoms with Crippen LogP contribution in [0.25, 0.3) is 0 Å². The SMILES string of the molecule is C=C/C=C\C=C/C/C(=N/CCCn1ccnc1)c1ccc(OC)cc1O. The van der Waals surface area contributed by atoms with Gasteiger partial charge in [0, 0.05) is 49.2 Å². The molecule has 0 radical (unpaired) electrons. The zero-order chi connectivity index (χ0) is 18.6. The predicted octanol–water partition coefficient (Wildman–Crippen LogP) is 4.17. The second kappa shape index (κ2) is 10.7. The summed E-state index contributed by atoms with van der Waals surface area (Å²) in [4.78, 5) is 8.75. The first-order valence-corrected chi connectivity index (χ1v) is 8.55. The van der Waals surface area contributed by atoms with Gasteiger partial charge in [-0.25, -0.2) is 4.98 Å². The van der Waals surface area contributed by atoms with E-state index in [1.165, 1.54) is 0 Å². The highest BCUT2D eigenvalue weighted by Crippen LogP contribution is 2.25. The average molecular weight is 351 g/mol. The van der Waals surface area contributed by atoms with Crippen LogP contribution < -0.4 is 4.74 Å². The molecule has 0 aliphatic carbocycles. The van der Waals surface area contributed by atoms with E-state index >= 15 is 0 Å². The fourth-order valence-corrected chi connectivity index (χ4v) is 2.43. The molecule has 1 aromatic carbocycles. The van der Waals surface area contributed by atoms with Crippen molar-refractivity contribution >= 4 is 5.71 Å². The summed E-state index contributed by atoms with van der Waals surface area (Å²) in [5, 5.41) is 10.3. The van der Waals surface area contributed by atoms with Crippen molar-refractivity contribution in [1.82, 2.24) is 9.55 Å². The first-order chi connectivity index (χ1) is 12.7. The van der Waals surface area contributed by atoms with Gasteiger partial charge < -0.3 is 14.4 Å². The van der Waals surface area contributed by atoms with Crippen LogP contribution in [0.3, 0.4) is 0 Å². The van der Waals surface area contributed by atoms with Gasteiger partial charge in [-0.1, -0.05) is 37.0 Å². The van der Waals surface area contributed by atoms with Gasteiger partial charge in [-0.05, 0) is 18.6 Å². The molecule has 0 amide bonds. The third-order valence-corrected chi connectivity index (χ3v) is 3.76. The summed E-state index contributed by atoms with van der Waals surface area (Å²) < 4.78 is 7.18. The molecule has 0 aliphatic rings. The summed E-state index contributed by atoms with van der Waals surface area (Å²) in [7, 11) is 1.58. The number of rotatable bonds is 10. The third-order valence-electron chi connectivity index (χ3n) is 3.76. The lowest BCUT2D eigenvalue weighted by molar-refractivity contribution is 0.407. The molecule has 1 N–H and O–H groups in total. The lowest BCUT2D eigenvalue weighted by atomic mass is 10.1. The number of phenols is 1. The third kappa shape index (κ3) is 6.09. The monoisotopic (exact) mass is 351 g/mol. The Labute approximate surface area is 154 Å². The van der Waals surface area contributed by atoms with Gasteiger partial charge in [-0.3, -0.25) is 4.99 Å². The molecule has 0 unspecified atom stereocenters. The molecule has 0 saturated heterocycles. The first-order valence-electron chi connectivity index (χ1n) is 8.55. The fraction of sp³-hybridized carbons (Fsp3) is 0.238. The van der Waals surface area contributed by atoms with Crippen LogP contribution in [0.2, 0.25) is 0 Å². The molecule has 0 atom stereocenters. The minimum absolute atomic E-state index is 0.174. The summed E-state index contributed by atoms with van der Waals surface area (Å²) in [6.07, 6.45) is 16.5. The van der Waals surface area contributed by atoms with Crippen LogP contribution in [0.1, 0.15) is 18.4 Å². The molecule has 5 heteroatoms. The molecular weight excluding hydrogens is 326 g/mol. The highest BCUT2D eigenvalue weighted by molar-refractivity contribution is 6.03. The molecule has 0 aliphatic heterocycles. The Balaban J connectivity index is 2.09. The molecule has 0 fully saturated rings. The summed E-state index contributed by atoms with van der Waals surface area (Å²) in [5.74, 6) is 0.794. The Morgan fingerprint density at radius 3 is 2.92 bits per heavy atom. The summed E-state index contributed by atoms with van der Waals surface area (Å²) in [6, 6.07) is 5.28. The van der Waals surface area contributed by atoms with E-state index in [9.17, 15) is 5.11 Å². The van der Waals surface area contributed by atoms with Crippen molar-refractivity contribution in [2.24, 2.45) is 4.99 Å². The normalized spacial score (nSPS) is 12.1. The molecular formula is C21H25N3O2. The smallest absolute Gasteiger partial charge is 0.128 e. The van der Waals surface area contributed by atoms with Crippen LogP contribution in [0.15, 0.2) is 78.9 Å². The van der Waals surface area contributed by atoms with Crippen LogP contribution in [0.5, 0.6) is 11.5 Å². The van der Waals surface area contributed by atoms with Gasteiger partial charge in [-0.2, -0.15) is 0 Å². The van der Waals surface area contributed by atoms with Crippen molar-refractivity contribution in [2.45, 2.75) is 19.4 Å². The number of allylic oxidation sites excluding steroid dienone is 5. The van der Waals surface area contributed by atoms with Crippen LogP contribution in [0.4, 0.5) is 0 Å². The quantitative estimate of drug-likeness (QED) is 0.397. The molecule has 0 saturated carbocycles. The van der Waals surface area contributed by atoms with Crippen molar-refractivity contribution in [3.8, 4) is 11.5 Å². The van der Waals surface area contributed by atoms with Crippen LogP contribution in [-0.2, 0) is 6.54 Å². The van der Waals surface area contributed by atoms with Crippen molar-refractivity contribution in [2.75, 3.05) is 13.7 Å². The number of hydrogen-bond acceptors (Lipinski definition) is 4. The average Bonchev–Trinajstić information content (AvgIpc) is 3.17. The van der Waals surface area contributed by atoms with Crippen LogP contribution >= 0.6 is 0 Å². The predicted molar refractivity (Wildman–Crippen MR) is 106 cm³/mol. The minimum Gasteiger partial charge on any atom is -0.507 e. The molecule has 1 aromatic heterocycles. The Morgan fingerprint density at radius 1 is 1.35 bits per heavy atom.